The number of benzene rings is 2. The third-order valence-electron chi connectivity index (χ3n) is 5.75. The second-order valence-electron chi connectivity index (χ2n) is 8.14. The molecule has 0 atom stereocenters. The van der Waals surface area contributed by atoms with Gasteiger partial charge in [0, 0.05) is 49.4 Å². The highest BCUT2D eigenvalue weighted by Gasteiger charge is 2.19. The Bertz CT molecular complexity index is 1190. The lowest BCUT2D eigenvalue weighted by Crippen LogP contribution is -2.37. The maximum Gasteiger partial charge on any atom is 0.253 e. The highest BCUT2D eigenvalue weighted by molar-refractivity contribution is 7.89. The lowest BCUT2D eigenvalue weighted by atomic mass is 10.1. The van der Waals surface area contributed by atoms with Crippen molar-refractivity contribution in [3.63, 3.8) is 0 Å². The molecule has 1 aliphatic heterocycles. The molecule has 1 amide bonds. The number of ether oxygens (including phenoxy) is 1. The van der Waals surface area contributed by atoms with Crippen LogP contribution in [0.4, 0.5) is 5.69 Å². The first-order chi connectivity index (χ1) is 16.4. The van der Waals surface area contributed by atoms with Gasteiger partial charge in [-0.1, -0.05) is 24.3 Å². The number of nitrogens with one attached hydrogen (secondary N) is 1. The van der Waals surface area contributed by atoms with Gasteiger partial charge in [-0.25, -0.2) is 13.1 Å². The minimum atomic E-state index is -3.63. The fourth-order valence-corrected chi connectivity index (χ4v) is 5.67. The molecule has 3 aromatic rings. The molecule has 0 bridgehead atoms. The summed E-state index contributed by atoms with van der Waals surface area (Å²) in [6, 6.07) is 18.1. The first kappa shape index (κ1) is 24.4. The second-order valence-corrected chi connectivity index (χ2v) is 10.9. The van der Waals surface area contributed by atoms with Crippen LogP contribution in [-0.4, -0.2) is 59.1 Å². The van der Waals surface area contributed by atoms with E-state index in [2.05, 4.69) is 15.7 Å². The molecular weight excluding hydrogens is 470 g/mol. The van der Waals surface area contributed by atoms with Crippen LogP contribution in [0.5, 0.6) is 0 Å². The quantitative estimate of drug-likeness (QED) is 0.488. The number of para-hydroxylation sites is 1. The van der Waals surface area contributed by atoms with Gasteiger partial charge in [0.05, 0.1) is 18.1 Å². The molecule has 1 aromatic heterocycles. The minimum absolute atomic E-state index is 0.149. The molecule has 34 heavy (non-hydrogen) atoms. The van der Waals surface area contributed by atoms with Crippen molar-refractivity contribution in [1.29, 1.82) is 0 Å². The summed E-state index contributed by atoms with van der Waals surface area (Å²) in [5, 5.41) is 1.97. The number of hydrogen-bond acceptors (Lipinski definition) is 6. The van der Waals surface area contributed by atoms with Gasteiger partial charge in [-0.3, -0.25) is 4.79 Å². The SMILES string of the molecule is CN(Cc1ccccc1N1CCOCC1)C(=O)c1ccc(S(=O)(=O)NCCc2cccs2)cc1. The summed E-state index contributed by atoms with van der Waals surface area (Å²) in [5.74, 6) is -0.161. The predicted molar refractivity (Wildman–Crippen MR) is 135 cm³/mol. The number of carbonyl (C=O) groups is 1. The lowest BCUT2D eigenvalue weighted by Gasteiger charge is -2.31. The highest BCUT2D eigenvalue weighted by Crippen LogP contribution is 2.23. The summed E-state index contributed by atoms with van der Waals surface area (Å²) in [4.78, 5) is 18.2. The fraction of sp³-hybridized carbons (Fsp3) is 0.320. The molecule has 1 fully saturated rings. The zero-order valence-corrected chi connectivity index (χ0v) is 20.8. The van der Waals surface area contributed by atoms with Crippen LogP contribution in [0, 0.1) is 0 Å². The van der Waals surface area contributed by atoms with Crippen molar-refractivity contribution in [2.24, 2.45) is 0 Å². The first-order valence-electron chi connectivity index (χ1n) is 11.2. The predicted octanol–water partition coefficient (Wildman–Crippen LogP) is 3.38. The molecule has 2 heterocycles. The Morgan fingerprint density at radius 1 is 1.06 bits per heavy atom. The average molecular weight is 500 g/mol. The molecule has 1 aliphatic rings. The molecule has 0 spiro atoms. The topological polar surface area (TPSA) is 79.0 Å². The van der Waals surface area contributed by atoms with Crippen molar-refractivity contribution in [2.75, 3.05) is 44.8 Å². The number of anilines is 1. The van der Waals surface area contributed by atoms with E-state index in [0.29, 0.717) is 38.3 Å². The van der Waals surface area contributed by atoms with Crippen LogP contribution >= 0.6 is 11.3 Å². The molecule has 2 aromatic carbocycles. The molecular formula is C25H29N3O4S2. The van der Waals surface area contributed by atoms with Gasteiger partial charge in [0.2, 0.25) is 10.0 Å². The van der Waals surface area contributed by atoms with Gasteiger partial charge in [-0.05, 0) is 53.8 Å². The summed E-state index contributed by atoms with van der Waals surface area (Å²) in [6.45, 7) is 3.83. The Balaban J connectivity index is 1.38. The zero-order chi connectivity index (χ0) is 24.0. The molecule has 0 unspecified atom stereocenters. The van der Waals surface area contributed by atoms with Crippen molar-refractivity contribution in [3.8, 4) is 0 Å². The van der Waals surface area contributed by atoms with Crippen molar-refractivity contribution >= 4 is 33.0 Å². The Labute approximate surface area is 205 Å². The van der Waals surface area contributed by atoms with Gasteiger partial charge in [0.25, 0.3) is 5.91 Å². The molecule has 1 saturated heterocycles. The van der Waals surface area contributed by atoms with Crippen LogP contribution in [0.3, 0.4) is 0 Å². The Hall–Kier alpha value is -2.72. The first-order valence-corrected chi connectivity index (χ1v) is 13.6. The van der Waals surface area contributed by atoms with Crippen LogP contribution < -0.4 is 9.62 Å². The average Bonchev–Trinajstić information content (AvgIpc) is 3.38. The summed E-state index contributed by atoms with van der Waals surface area (Å²) in [5.41, 5.74) is 2.62. The summed E-state index contributed by atoms with van der Waals surface area (Å²) < 4.78 is 33.3. The van der Waals surface area contributed by atoms with E-state index in [1.807, 2.05) is 35.7 Å². The van der Waals surface area contributed by atoms with Crippen molar-refractivity contribution in [1.82, 2.24) is 9.62 Å². The smallest absolute Gasteiger partial charge is 0.253 e. The van der Waals surface area contributed by atoms with Crippen LogP contribution in [0.25, 0.3) is 0 Å². The normalized spacial score (nSPS) is 14.2. The van der Waals surface area contributed by atoms with E-state index in [1.54, 1.807) is 35.4 Å². The third kappa shape index (κ3) is 6.04. The van der Waals surface area contributed by atoms with Crippen molar-refractivity contribution in [2.45, 2.75) is 17.9 Å². The van der Waals surface area contributed by atoms with E-state index in [4.69, 9.17) is 4.74 Å². The Morgan fingerprint density at radius 2 is 1.79 bits per heavy atom. The van der Waals surface area contributed by atoms with Crippen molar-refractivity contribution < 1.29 is 17.9 Å². The van der Waals surface area contributed by atoms with E-state index in [9.17, 15) is 13.2 Å². The van der Waals surface area contributed by atoms with Crippen LogP contribution in [0.1, 0.15) is 20.8 Å². The number of rotatable bonds is 9. The van der Waals surface area contributed by atoms with Gasteiger partial charge in [0.15, 0.2) is 0 Å². The molecule has 1 N–H and O–H groups in total. The number of nitrogens with zero attached hydrogens (tertiary/aromatic N) is 2. The lowest BCUT2D eigenvalue weighted by molar-refractivity contribution is 0.0784. The summed E-state index contributed by atoms with van der Waals surface area (Å²) >= 11 is 1.60. The number of thiophene rings is 1. The molecule has 4 rings (SSSR count). The monoisotopic (exact) mass is 499 g/mol. The van der Waals surface area contributed by atoms with E-state index >= 15 is 0 Å². The molecule has 0 radical (unpaired) electrons. The van der Waals surface area contributed by atoms with Gasteiger partial charge in [-0.2, -0.15) is 0 Å². The maximum absolute atomic E-state index is 13.0. The summed E-state index contributed by atoms with van der Waals surface area (Å²) in [7, 11) is -1.87. The van der Waals surface area contributed by atoms with Crippen LogP contribution in [0.15, 0.2) is 70.9 Å². The number of hydrogen-bond donors (Lipinski definition) is 1. The fourth-order valence-electron chi connectivity index (χ4n) is 3.93. The van der Waals surface area contributed by atoms with E-state index in [1.165, 1.54) is 12.1 Å². The second kappa shape index (κ2) is 11.1. The number of sulfonamides is 1. The zero-order valence-electron chi connectivity index (χ0n) is 19.1. The summed E-state index contributed by atoms with van der Waals surface area (Å²) in [6.07, 6.45) is 0.643. The molecule has 0 saturated carbocycles. The molecule has 7 nitrogen and oxygen atoms in total. The molecule has 0 aliphatic carbocycles. The van der Waals surface area contributed by atoms with E-state index in [-0.39, 0.29) is 10.8 Å². The standard InChI is InChI=1S/C25H29N3O4S2/c1-27(19-21-5-2-3-7-24(21)28-14-16-32-17-15-28)25(29)20-8-10-23(11-9-20)34(30,31)26-13-12-22-6-4-18-33-22/h2-11,18,26H,12-17,19H2,1H3. The number of carbonyl (C=O) groups excluding carboxylic acids is 1. The van der Waals surface area contributed by atoms with Crippen LogP contribution in [0.2, 0.25) is 0 Å². The van der Waals surface area contributed by atoms with Gasteiger partial charge < -0.3 is 14.5 Å². The Morgan fingerprint density at radius 3 is 2.50 bits per heavy atom. The maximum atomic E-state index is 13.0. The molecule has 9 heteroatoms. The minimum Gasteiger partial charge on any atom is -0.378 e. The van der Waals surface area contributed by atoms with Crippen molar-refractivity contribution in [3.05, 3.63) is 82.0 Å². The number of morpholine rings is 1. The van der Waals surface area contributed by atoms with Gasteiger partial charge in [0.1, 0.15) is 0 Å². The Kier molecular flexibility index (Phi) is 7.99. The molecule has 180 valence electrons. The van der Waals surface area contributed by atoms with Gasteiger partial charge in [-0.15, -0.1) is 11.3 Å². The van der Waals surface area contributed by atoms with Crippen LogP contribution in [-0.2, 0) is 27.7 Å². The third-order valence-corrected chi connectivity index (χ3v) is 8.17. The van der Waals surface area contributed by atoms with E-state index in [0.717, 1.165) is 29.2 Å². The highest BCUT2D eigenvalue weighted by atomic mass is 32.2. The largest absolute Gasteiger partial charge is 0.378 e. The van der Waals surface area contributed by atoms with Gasteiger partial charge >= 0.3 is 0 Å². The van der Waals surface area contributed by atoms with E-state index < -0.39 is 10.0 Å². The number of amides is 1.